The van der Waals surface area contributed by atoms with Crippen LogP contribution in [0.4, 0.5) is 5.69 Å². The van der Waals surface area contributed by atoms with Crippen molar-refractivity contribution in [1.29, 1.82) is 0 Å². The average molecular weight is 370 g/mol. The van der Waals surface area contributed by atoms with E-state index in [9.17, 15) is 13.2 Å². The van der Waals surface area contributed by atoms with Crippen molar-refractivity contribution in [3.63, 3.8) is 0 Å². The number of carbonyl (C=O) groups is 1. The lowest BCUT2D eigenvalue weighted by Gasteiger charge is -2.24. The van der Waals surface area contributed by atoms with E-state index in [2.05, 4.69) is 15.4 Å². The maximum Gasteiger partial charge on any atom is 0.232 e. The topological polar surface area (TPSA) is 93.9 Å². The van der Waals surface area contributed by atoms with Crippen LogP contribution in [0.25, 0.3) is 11.0 Å². The van der Waals surface area contributed by atoms with Crippen molar-refractivity contribution in [1.82, 2.24) is 14.8 Å². The van der Waals surface area contributed by atoms with E-state index in [0.29, 0.717) is 11.3 Å². The van der Waals surface area contributed by atoms with Gasteiger partial charge in [-0.25, -0.2) is 13.4 Å². The van der Waals surface area contributed by atoms with Crippen molar-refractivity contribution in [3.8, 4) is 0 Å². The smallest absolute Gasteiger partial charge is 0.232 e. The molecule has 8 heteroatoms. The third-order valence-electron chi connectivity index (χ3n) is 4.75. The largest absolute Gasteiger partial charge is 0.324 e. The molecule has 26 heavy (non-hydrogen) atoms. The Bertz CT molecular complexity index is 1130. The first-order valence-corrected chi connectivity index (χ1v) is 9.94. The van der Waals surface area contributed by atoms with Gasteiger partial charge in [0.05, 0.1) is 34.1 Å². The molecule has 0 bridgehead atoms. The van der Waals surface area contributed by atoms with Crippen LogP contribution in [0.3, 0.4) is 0 Å². The van der Waals surface area contributed by atoms with Crippen LogP contribution in [0.2, 0.25) is 0 Å². The molecule has 3 heterocycles. The van der Waals surface area contributed by atoms with Crippen molar-refractivity contribution in [2.45, 2.75) is 24.2 Å². The zero-order valence-electron chi connectivity index (χ0n) is 14.4. The number of aromatic nitrogens is 3. The predicted octanol–water partition coefficient (Wildman–Crippen LogP) is 2.18. The van der Waals surface area contributed by atoms with E-state index >= 15 is 0 Å². The van der Waals surface area contributed by atoms with Gasteiger partial charge in [0, 0.05) is 12.4 Å². The zero-order valence-corrected chi connectivity index (χ0v) is 15.2. The molecule has 1 aliphatic rings. The maximum absolute atomic E-state index is 12.8. The summed E-state index contributed by atoms with van der Waals surface area (Å²) in [6.45, 7) is 1.89. The molecule has 1 aromatic carbocycles. The Morgan fingerprint density at radius 2 is 2.08 bits per heavy atom. The molecular weight excluding hydrogens is 352 g/mol. The third-order valence-corrected chi connectivity index (χ3v) is 6.57. The second-order valence-corrected chi connectivity index (χ2v) is 8.57. The molecule has 1 atom stereocenters. The van der Waals surface area contributed by atoms with Crippen molar-refractivity contribution in [2.75, 3.05) is 11.1 Å². The minimum atomic E-state index is -3.32. The summed E-state index contributed by atoms with van der Waals surface area (Å²) >= 11 is 0. The first kappa shape index (κ1) is 16.7. The van der Waals surface area contributed by atoms with Crippen LogP contribution in [0.1, 0.15) is 23.6 Å². The number of nitrogens with one attached hydrogen (secondary N) is 1. The van der Waals surface area contributed by atoms with Crippen LogP contribution in [-0.2, 0) is 21.7 Å². The van der Waals surface area contributed by atoms with Gasteiger partial charge in [0.1, 0.15) is 0 Å². The average Bonchev–Trinajstić information content (AvgIpc) is 2.89. The van der Waals surface area contributed by atoms with Gasteiger partial charge in [-0.1, -0.05) is 18.2 Å². The standard InChI is InChI=1S/C18H18N4O3S/c1-11-15-9-12(10-19-17(15)22(2)21-11)20-18(23)14-7-8-26(24,25)16-6-4-3-5-13(14)16/h3-6,9-10,14H,7-8H2,1-2H3,(H,20,23). The molecule has 0 saturated carbocycles. The minimum absolute atomic E-state index is 0.0267. The molecule has 0 radical (unpaired) electrons. The third kappa shape index (κ3) is 2.66. The van der Waals surface area contributed by atoms with Gasteiger partial charge in [0.25, 0.3) is 0 Å². The Morgan fingerprint density at radius 3 is 2.88 bits per heavy atom. The number of rotatable bonds is 2. The fraction of sp³-hybridized carbons (Fsp3) is 0.278. The number of carbonyl (C=O) groups excluding carboxylic acids is 1. The number of hydrogen-bond donors (Lipinski definition) is 1. The fourth-order valence-corrected chi connectivity index (χ4v) is 5.09. The first-order valence-electron chi connectivity index (χ1n) is 8.29. The Labute approximate surface area is 151 Å². The second-order valence-electron chi connectivity index (χ2n) is 6.49. The van der Waals surface area contributed by atoms with Crippen molar-refractivity contribution >= 4 is 32.5 Å². The number of amides is 1. The number of anilines is 1. The lowest BCUT2D eigenvalue weighted by Crippen LogP contribution is -2.29. The number of fused-ring (bicyclic) bond motifs is 2. The SMILES string of the molecule is Cc1nn(C)c2ncc(NC(=O)C3CCS(=O)(=O)c4ccccc43)cc12. The van der Waals surface area contributed by atoms with Crippen LogP contribution in [0.5, 0.6) is 0 Å². The van der Waals surface area contributed by atoms with Crippen LogP contribution < -0.4 is 5.32 Å². The number of pyridine rings is 1. The van der Waals surface area contributed by atoms with E-state index < -0.39 is 15.8 Å². The summed E-state index contributed by atoms with van der Waals surface area (Å²) in [5.41, 5.74) is 2.71. The highest BCUT2D eigenvalue weighted by atomic mass is 32.2. The van der Waals surface area contributed by atoms with Gasteiger partial charge >= 0.3 is 0 Å². The quantitative estimate of drug-likeness (QED) is 0.746. The van der Waals surface area contributed by atoms with Gasteiger partial charge in [0.2, 0.25) is 5.91 Å². The number of nitrogens with zero attached hydrogens (tertiary/aromatic N) is 3. The van der Waals surface area contributed by atoms with Crippen molar-refractivity contribution < 1.29 is 13.2 Å². The van der Waals surface area contributed by atoms with Gasteiger partial charge < -0.3 is 5.32 Å². The lowest BCUT2D eigenvalue weighted by atomic mass is 9.95. The molecule has 1 aliphatic heterocycles. The van der Waals surface area contributed by atoms with E-state index in [1.54, 1.807) is 35.1 Å². The molecule has 1 amide bonds. The molecule has 0 spiro atoms. The van der Waals surface area contributed by atoms with Gasteiger partial charge in [0.15, 0.2) is 15.5 Å². The maximum atomic E-state index is 12.8. The predicted molar refractivity (Wildman–Crippen MR) is 97.7 cm³/mol. The van der Waals surface area contributed by atoms with E-state index in [-0.39, 0.29) is 23.0 Å². The second kappa shape index (κ2) is 5.91. The Kier molecular flexibility index (Phi) is 3.80. The molecule has 2 aromatic heterocycles. The van der Waals surface area contributed by atoms with Gasteiger partial charge in [-0.2, -0.15) is 5.10 Å². The monoisotopic (exact) mass is 370 g/mol. The lowest BCUT2D eigenvalue weighted by molar-refractivity contribution is -0.117. The number of aryl methyl sites for hydroxylation is 2. The molecule has 0 aliphatic carbocycles. The summed E-state index contributed by atoms with van der Waals surface area (Å²) in [7, 11) is -1.50. The van der Waals surface area contributed by atoms with Crippen LogP contribution in [-0.4, -0.2) is 34.8 Å². The minimum Gasteiger partial charge on any atom is -0.324 e. The molecule has 3 aromatic rings. The van der Waals surface area contributed by atoms with Crippen LogP contribution in [0, 0.1) is 6.92 Å². The highest BCUT2D eigenvalue weighted by Gasteiger charge is 2.34. The highest BCUT2D eigenvalue weighted by molar-refractivity contribution is 7.91. The first-order chi connectivity index (χ1) is 12.4. The van der Waals surface area contributed by atoms with Crippen molar-refractivity contribution in [3.05, 3.63) is 47.8 Å². The molecule has 0 fully saturated rings. The van der Waals surface area contributed by atoms with E-state index in [1.165, 1.54) is 0 Å². The van der Waals surface area contributed by atoms with Gasteiger partial charge in [-0.05, 0) is 31.0 Å². The highest BCUT2D eigenvalue weighted by Crippen LogP contribution is 2.34. The summed E-state index contributed by atoms with van der Waals surface area (Å²) in [4.78, 5) is 17.4. The molecule has 1 unspecified atom stereocenters. The zero-order chi connectivity index (χ0) is 18.5. The molecule has 7 nitrogen and oxygen atoms in total. The summed E-state index contributed by atoms with van der Waals surface area (Å²) in [6, 6.07) is 8.56. The van der Waals surface area contributed by atoms with Crippen LogP contribution in [0.15, 0.2) is 41.4 Å². The Hall–Kier alpha value is -2.74. The summed E-state index contributed by atoms with van der Waals surface area (Å²) in [6.07, 6.45) is 1.86. The number of sulfone groups is 1. The van der Waals surface area contributed by atoms with E-state index in [4.69, 9.17) is 0 Å². The Balaban J connectivity index is 1.66. The normalized spacial score (nSPS) is 18.5. The van der Waals surface area contributed by atoms with Gasteiger partial charge in [-0.3, -0.25) is 9.48 Å². The van der Waals surface area contributed by atoms with Crippen LogP contribution >= 0.6 is 0 Å². The molecule has 134 valence electrons. The van der Waals surface area contributed by atoms with Crippen molar-refractivity contribution in [2.24, 2.45) is 7.05 Å². The molecule has 0 saturated heterocycles. The van der Waals surface area contributed by atoms with Gasteiger partial charge in [-0.15, -0.1) is 0 Å². The van der Waals surface area contributed by atoms with E-state index in [0.717, 1.165) is 16.7 Å². The van der Waals surface area contributed by atoms with E-state index in [1.807, 2.05) is 20.0 Å². The molecule has 1 N–H and O–H groups in total. The number of benzene rings is 1. The Morgan fingerprint density at radius 1 is 1.31 bits per heavy atom. The number of hydrogen-bond acceptors (Lipinski definition) is 5. The summed E-state index contributed by atoms with van der Waals surface area (Å²) in [5, 5.41) is 8.07. The molecule has 4 rings (SSSR count). The molecular formula is C18H18N4O3S. The fourth-order valence-electron chi connectivity index (χ4n) is 3.47. The summed E-state index contributed by atoms with van der Waals surface area (Å²) < 4.78 is 26.2. The summed E-state index contributed by atoms with van der Waals surface area (Å²) in [5.74, 6) is -0.753.